The van der Waals surface area contributed by atoms with Crippen LogP contribution in [0.1, 0.15) is 44.3 Å². The molecule has 25 heavy (non-hydrogen) atoms. The fraction of sp³-hybridized carbons (Fsp3) is 0.600. The zero-order valence-electron chi connectivity index (χ0n) is 14.0. The molecule has 1 heterocycles. The number of phosphoric acid groups is 1. The van der Waals surface area contributed by atoms with Gasteiger partial charge in [0.25, 0.3) is 0 Å². The van der Waals surface area contributed by atoms with E-state index in [1.54, 1.807) is 12.1 Å². The highest BCUT2D eigenvalue weighted by atomic mass is 31.2. The second kappa shape index (κ2) is 11.8. The van der Waals surface area contributed by atoms with E-state index in [4.69, 9.17) is 14.2 Å². The maximum absolute atomic E-state index is 11.6. The Morgan fingerprint density at radius 3 is 2.40 bits per heavy atom. The molecule has 1 aromatic rings. The van der Waals surface area contributed by atoms with Crippen molar-refractivity contribution in [2.45, 2.75) is 45.1 Å². The van der Waals surface area contributed by atoms with Crippen molar-refractivity contribution in [2.75, 3.05) is 13.2 Å². The molecule has 0 atom stereocenters. The molecule has 0 aliphatic rings. The summed E-state index contributed by atoms with van der Waals surface area (Å²) in [5.74, 6) is 0.263. The predicted molar refractivity (Wildman–Crippen MR) is 89.3 cm³/mol. The molecular weight excluding hydrogens is 351 g/mol. The topological polar surface area (TPSA) is 138 Å². The Kier molecular flexibility index (Phi) is 10.1. The van der Waals surface area contributed by atoms with Gasteiger partial charge in [-0.1, -0.05) is 12.8 Å². The largest absolute Gasteiger partial charge is 0.469 e. The van der Waals surface area contributed by atoms with Crippen LogP contribution in [0.3, 0.4) is 0 Å². The highest BCUT2D eigenvalue weighted by molar-refractivity contribution is 7.46. The summed E-state index contributed by atoms with van der Waals surface area (Å²) in [7, 11) is -4.37. The molecule has 0 aliphatic carbocycles. The van der Waals surface area contributed by atoms with Gasteiger partial charge in [0.15, 0.2) is 0 Å². The number of carbonyl (C=O) groups is 2. The molecule has 10 heteroatoms. The van der Waals surface area contributed by atoms with Crippen LogP contribution >= 0.6 is 7.82 Å². The summed E-state index contributed by atoms with van der Waals surface area (Å²) in [6.45, 7) is 0.829. The number of nitrogens with one attached hydrogen (secondary N) is 2. The van der Waals surface area contributed by atoms with E-state index in [0.29, 0.717) is 25.3 Å². The lowest BCUT2D eigenvalue weighted by atomic mass is 10.2. The van der Waals surface area contributed by atoms with Gasteiger partial charge in [0.2, 0.25) is 11.8 Å². The quantitative estimate of drug-likeness (QED) is 0.302. The SMILES string of the molecule is O=C(CCC(=O)NCc1ccco1)NCCCCCCOP(=O)(O)O. The monoisotopic (exact) mass is 376 g/mol. The number of carbonyl (C=O) groups excluding carboxylic acids is 2. The van der Waals surface area contributed by atoms with Gasteiger partial charge in [0, 0.05) is 19.4 Å². The molecule has 0 saturated carbocycles. The van der Waals surface area contributed by atoms with E-state index >= 15 is 0 Å². The minimum Gasteiger partial charge on any atom is -0.467 e. The second-order valence-corrected chi connectivity index (χ2v) is 6.68. The van der Waals surface area contributed by atoms with Gasteiger partial charge in [-0.05, 0) is 25.0 Å². The number of hydrogen-bond acceptors (Lipinski definition) is 5. The predicted octanol–water partition coefficient (Wildman–Crippen LogP) is 1.46. The molecule has 0 radical (unpaired) electrons. The molecular formula is C15H25N2O7P. The van der Waals surface area contributed by atoms with E-state index in [0.717, 1.165) is 19.3 Å². The Morgan fingerprint density at radius 1 is 1.08 bits per heavy atom. The summed E-state index contributed by atoms with van der Waals surface area (Å²) in [5.41, 5.74) is 0. The number of unbranched alkanes of at least 4 members (excludes halogenated alkanes) is 3. The first-order valence-electron chi connectivity index (χ1n) is 8.13. The standard InChI is InChI=1S/C15H25N2O7P/c18-14(7-8-15(19)17-12-13-6-5-10-23-13)16-9-3-1-2-4-11-24-25(20,21)22/h5-6,10H,1-4,7-9,11-12H2,(H,16,18)(H,17,19)(H2,20,21,22). The number of amides is 2. The molecule has 9 nitrogen and oxygen atoms in total. The maximum atomic E-state index is 11.6. The van der Waals surface area contributed by atoms with Gasteiger partial charge in [-0.3, -0.25) is 14.1 Å². The fourth-order valence-electron chi connectivity index (χ4n) is 1.99. The molecule has 1 rings (SSSR count). The third-order valence-electron chi connectivity index (χ3n) is 3.27. The minimum atomic E-state index is -4.37. The molecule has 0 aliphatic heterocycles. The second-order valence-electron chi connectivity index (χ2n) is 5.44. The van der Waals surface area contributed by atoms with Gasteiger partial charge >= 0.3 is 7.82 Å². The Labute approximate surface area is 146 Å². The van der Waals surface area contributed by atoms with Crippen LogP contribution in [0.25, 0.3) is 0 Å². The van der Waals surface area contributed by atoms with Crippen molar-refractivity contribution in [1.82, 2.24) is 10.6 Å². The molecule has 0 unspecified atom stereocenters. The van der Waals surface area contributed by atoms with Gasteiger partial charge in [-0.15, -0.1) is 0 Å². The Morgan fingerprint density at radius 2 is 1.76 bits per heavy atom. The van der Waals surface area contributed by atoms with Crippen LogP contribution in [0.5, 0.6) is 0 Å². The summed E-state index contributed by atoms with van der Waals surface area (Å²) in [5, 5.41) is 5.40. The first-order chi connectivity index (χ1) is 11.9. The summed E-state index contributed by atoms with van der Waals surface area (Å²) >= 11 is 0. The van der Waals surface area contributed by atoms with Crippen LogP contribution in [0, 0.1) is 0 Å². The number of phosphoric ester groups is 1. The molecule has 142 valence electrons. The van der Waals surface area contributed by atoms with Crippen LogP contribution in [0.4, 0.5) is 0 Å². The van der Waals surface area contributed by atoms with E-state index in [1.807, 2.05) is 0 Å². The molecule has 2 amide bonds. The first-order valence-corrected chi connectivity index (χ1v) is 9.66. The number of hydrogen-bond donors (Lipinski definition) is 4. The molecule has 4 N–H and O–H groups in total. The average Bonchev–Trinajstić information content (AvgIpc) is 3.06. The van der Waals surface area contributed by atoms with Crippen molar-refractivity contribution < 1.29 is 32.9 Å². The summed E-state index contributed by atoms with van der Waals surface area (Å²) in [6, 6.07) is 3.49. The van der Waals surface area contributed by atoms with Gasteiger partial charge in [-0.25, -0.2) is 4.57 Å². The fourth-order valence-corrected chi connectivity index (χ4v) is 2.36. The van der Waals surface area contributed by atoms with Crippen LogP contribution in [0.15, 0.2) is 22.8 Å². The van der Waals surface area contributed by atoms with Crippen LogP contribution in [-0.2, 0) is 25.2 Å². The highest BCUT2D eigenvalue weighted by Crippen LogP contribution is 2.35. The zero-order valence-corrected chi connectivity index (χ0v) is 14.9. The summed E-state index contributed by atoms with van der Waals surface area (Å²) in [6.07, 6.45) is 4.65. The van der Waals surface area contributed by atoms with Gasteiger partial charge in [0.05, 0.1) is 19.4 Å². The molecule has 0 bridgehead atoms. The Balaban J connectivity index is 1.93. The lowest BCUT2D eigenvalue weighted by molar-refractivity contribution is -0.126. The maximum Gasteiger partial charge on any atom is 0.469 e. The van der Waals surface area contributed by atoms with Crippen molar-refractivity contribution >= 4 is 19.6 Å². The molecule has 0 fully saturated rings. The van der Waals surface area contributed by atoms with E-state index < -0.39 is 7.82 Å². The van der Waals surface area contributed by atoms with Crippen molar-refractivity contribution in [3.05, 3.63) is 24.2 Å². The van der Waals surface area contributed by atoms with E-state index in [1.165, 1.54) is 6.26 Å². The van der Waals surface area contributed by atoms with Crippen LogP contribution in [0.2, 0.25) is 0 Å². The number of furan rings is 1. The molecule has 0 saturated heterocycles. The van der Waals surface area contributed by atoms with E-state index in [2.05, 4.69) is 15.2 Å². The third kappa shape index (κ3) is 12.4. The van der Waals surface area contributed by atoms with Crippen molar-refractivity contribution in [2.24, 2.45) is 0 Å². The average molecular weight is 376 g/mol. The van der Waals surface area contributed by atoms with Crippen molar-refractivity contribution in [3.63, 3.8) is 0 Å². The Bertz CT molecular complexity index is 556. The van der Waals surface area contributed by atoms with Gasteiger partial charge in [-0.2, -0.15) is 0 Å². The lowest BCUT2D eigenvalue weighted by Gasteiger charge is -2.06. The third-order valence-corrected chi connectivity index (χ3v) is 3.79. The minimum absolute atomic E-state index is 0.0176. The van der Waals surface area contributed by atoms with E-state index in [9.17, 15) is 14.2 Å². The highest BCUT2D eigenvalue weighted by Gasteiger charge is 2.12. The van der Waals surface area contributed by atoms with Crippen LogP contribution < -0.4 is 10.6 Å². The Hall–Kier alpha value is -1.67. The van der Waals surface area contributed by atoms with Crippen LogP contribution in [-0.4, -0.2) is 34.8 Å². The smallest absolute Gasteiger partial charge is 0.467 e. The van der Waals surface area contributed by atoms with Crippen molar-refractivity contribution in [1.29, 1.82) is 0 Å². The number of rotatable bonds is 13. The zero-order chi connectivity index (χ0) is 18.5. The van der Waals surface area contributed by atoms with Gasteiger partial charge in [0.1, 0.15) is 5.76 Å². The van der Waals surface area contributed by atoms with Gasteiger partial charge < -0.3 is 24.8 Å². The lowest BCUT2D eigenvalue weighted by Crippen LogP contribution is -2.28. The molecule has 0 aromatic carbocycles. The van der Waals surface area contributed by atoms with Crippen molar-refractivity contribution in [3.8, 4) is 0 Å². The molecule has 0 spiro atoms. The first kappa shape index (κ1) is 21.4. The van der Waals surface area contributed by atoms with E-state index in [-0.39, 0.29) is 31.3 Å². The summed E-state index contributed by atoms with van der Waals surface area (Å²) < 4.78 is 19.9. The normalized spacial score (nSPS) is 11.3. The molecule has 1 aromatic heterocycles. The summed E-state index contributed by atoms with van der Waals surface area (Å²) in [4.78, 5) is 40.2.